The van der Waals surface area contributed by atoms with Crippen LogP contribution in [0, 0.1) is 16.7 Å². The molecule has 2 nitrogen and oxygen atoms in total. The standard InChI is InChI=1S/C12H22O2/c1-10(2)9-6-7-11(10,3)8-12(9,13-4)14-5/h9H,6-8H2,1-5H3/t9-,11-/m0/s1. The van der Waals surface area contributed by atoms with Crippen molar-refractivity contribution in [2.24, 2.45) is 16.7 Å². The van der Waals surface area contributed by atoms with E-state index >= 15 is 0 Å². The molecule has 2 saturated carbocycles. The van der Waals surface area contributed by atoms with E-state index in [0.717, 1.165) is 6.42 Å². The summed E-state index contributed by atoms with van der Waals surface area (Å²) in [6.07, 6.45) is 3.61. The fourth-order valence-corrected chi connectivity index (χ4v) is 3.83. The van der Waals surface area contributed by atoms with Crippen LogP contribution in [0.5, 0.6) is 0 Å². The van der Waals surface area contributed by atoms with Gasteiger partial charge < -0.3 is 9.47 Å². The Morgan fingerprint density at radius 3 is 1.86 bits per heavy atom. The molecule has 2 aliphatic rings. The quantitative estimate of drug-likeness (QED) is 0.635. The van der Waals surface area contributed by atoms with Crippen molar-refractivity contribution in [2.75, 3.05) is 14.2 Å². The second-order valence-corrected chi connectivity index (χ2v) is 5.77. The molecule has 0 N–H and O–H groups in total. The highest BCUT2D eigenvalue weighted by Crippen LogP contribution is 2.69. The summed E-state index contributed by atoms with van der Waals surface area (Å²) in [5, 5.41) is 0. The summed E-state index contributed by atoms with van der Waals surface area (Å²) >= 11 is 0. The molecule has 2 bridgehead atoms. The van der Waals surface area contributed by atoms with E-state index in [1.54, 1.807) is 14.2 Å². The number of rotatable bonds is 2. The number of methoxy groups -OCH3 is 2. The number of hydrogen-bond donors (Lipinski definition) is 0. The van der Waals surface area contributed by atoms with Crippen molar-refractivity contribution >= 4 is 0 Å². The minimum absolute atomic E-state index is 0.309. The van der Waals surface area contributed by atoms with Gasteiger partial charge >= 0.3 is 0 Å². The Bertz CT molecular complexity index is 240. The zero-order valence-electron chi connectivity index (χ0n) is 10.0. The average molecular weight is 198 g/mol. The first-order chi connectivity index (χ1) is 6.42. The molecule has 0 heterocycles. The zero-order chi connectivity index (χ0) is 10.6. The molecule has 2 heteroatoms. The van der Waals surface area contributed by atoms with Crippen molar-refractivity contribution in [3.8, 4) is 0 Å². The van der Waals surface area contributed by atoms with Crippen LogP contribution < -0.4 is 0 Å². The predicted octanol–water partition coefficient (Wildman–Crippen LogP) is 2.82. The van der Waals surface area contributed by atoms with Crippen molar-refractivity contribution in [1.29, 1.82) is 0 Å². The van der Waals surface area contributed by atoms with Crippen LogP contribution in [0.1, 0.15) is 40.0 Å². The maximum atomic E-state index is 5.66. The van der Waals surface area contributed by atoms with E-state index in [4.69, 9.17) is 9.47 Å². The van der Waals surface area contributed by atoms with Crippen molar-refractivity contribution in [2.45, 2.75) is 45.8 Å². The van der Waals surface area contributed by atoms with E-state index in [2.05, 4.69) is 20.8 Å². The summed E-state index contributed by atoms with van der Waals surface area (Å²) in [4.78, 5) is 0. The van der Waals surface area contributed by atoms with Gasteiger partial charge in [-0.3, -0.25) is 0 Å². The van der Waals surface area contributed by atoms with Gasteiger partial charge in [0.25, 0.3) is 0 Å². The molecule has 0 aromatic carbocycles. The summed E-state index contributed by atoms with van der Waals surface area (Å²) in [5.41, 5.74) is 0.739. The second-order valence-electron chi connectivity index (χ2n) is 5.77. The van der Waals surface area contributed by atoms with Gasteiger partial charge in [-0.1, -0.05) is 20.8 Å². The van der Waals surface area contributed by atoms with Gasteiger partial charge in [0.2, 0.25) is 0 Å². The minimum Gasteiger partial charge on any atom is -0.353 e. The third-order valence-electron chi connectivity index (χ3n) is 5.27. The van der Waals surface area contributed by atoms with Crippen molar-refractivity contribution in [1.82, 2.24) is 0 Å². The summed E-state index contributed by atoms with van der Waals surface area (Å²) in [7, 11) is 3.56. The van der Waals surface area contributed by atoms with E-state index < -0.39 is 0 Å². The van der Waals surface area contributed by atoms with Crippen LogP contribution >= 0.6 is 0 Å². The van der Waals surface area contributed by atoms with Crippen LogP contribution in [0.25, 0.3) is 0 Å². The molecular weight excluding hydrogens is 176 g/mol. The molecule has 14 heavy (non-hydrogen) atoms. The molecule has 0 aromatic heterocycles. The zero-order valence-corrected chi connectivity index (χ0v) is 10.0. The largest absolute Gasteiger partial charge is 0.353 e. The van der Waals surface area contributed by atoms with Crippen LogP contribution in [0.15, 0.2) is 0 Å². The Morgan fingerprint density at radius 2 is 1.64 bits per heavy atom. The third kappa shape index (κ3) is 0.938. The smallest absolute Gasteiger partial charge is 0.171 e. The van der Waals surface area contributed by atoms with Crippen molar-refractivity contribution in [3.63, 3.8) is 0 Å². The van der Waals surface area contributed by atoms with E-state index in [-0.39, 0.29) is 5.79 Å². The Balaban J connectivity index is 2.39. The topological polar surface area (TPSA) is 18.5 Å². The molecule has 2 atom stereocenters. The molecule has 0 spiro atoms. The van der Waals surface area contributed by atoms with Gasteiger partial charge in [0.05, 0.1) is 0 Å². The lowest BCUT2D eigenvalue weighted by atomic mass is 9.71. The highest BCUT2D eigenvalue weighted by Gasteiger charge is 2.68. The van der Waals surface area contributed by atoms with Gasteiger partial charge in [0, 0.05) is 26.6 Å². The summed E-state index contributed by atoms with van der Waals surface area (Å²) in [6, 6.07) is 0. The van der Waals surface area contributed by atoms with E-state index in [1.807, 2.05) is 0 Å². The summed E-state index contributed by atoms with van der Waals surface area (Å²) in [5.74, 6) is 0.242. The highest BCUT2D eigenvalue weighted by molar-refractivity contribution is 5.13. The number of hydrogen-bond acceptors (Lipinski definition) is 2. The van der Waals surface area contributed by atoms with Crippen LogP contribution in [-0.2, 0) is 9.47 Å². The molecule has 0 amide bonds. The summed E-state index contributed by atoms with van der Waals surface area (Å²) < 4.78 is 11.3. The van der Waals surface area contributed by atoms with Gasteiger partial charge in [-0.15, -0.1) is 0 Å². The van der Waals surface area contributed by atoms with Gasteiger partial charge in [0.1, 0.15) is 0 Å². The van der Waals surface area contributed by atoms with Crippen LogP contribution in [-0.4, -0.2) is 20.0 Å². The summed E-state index contributed by atoms with van der Waals surface area (Å²) in [6.45, 7) is 7.11. The van der Waals surface area contributed by atoms with E-state index in [1.165, 1.54) is 12.8 Å². The maximum absolute atomic E-state index is 5.66. The first kappa shape index (κ1) is 10.4. The van der Waals surface area contributed by atoms with Crippen LogP contribution in [0.3, 0.4) is 0 Å². The lowest BCUT2D eigenvalue weighted by molar-refractivity contribution is -0.242. The molecule has 0 aliphatic heterocycles. The lowest BCUT2D eigenvalue weighted by Gasteiger charge is -2.36. The van der Waals surface area contributed by atoms with E-state index in [0.29, 0.717) is 16.7 Å². The molecule has 82 valence electrons. The Hall–Kier alpha value is -0.0800. The van der Waals surface area contributed by atoms with Gasteiger partial charge in [0.15, 0.2) is 5.79 Å². The van der Waals surface area contributed by atoms with Crippen molar-refractivity contribution < 1.29 is 9.47 Å². The minimum atomic E-state index is -0.309. The van der Waals surface area contributed by atoms with Crippen molar-refractivity contribution in [3.05, 3.63) is 0 Å². The van der Waals surface area contributed by atoms with Crippen LogP contribution in [0.4, 0.5) is 0 Å². The normalized spacial score (nSPS) is 43.1. The molecule has 0 radical (unpaired) electrons. The Labute approximate surface area is 87.0 Å². The molecule has 2 rings (SSSR count). The van der Waals surface area contributed by atoms with Crippen LogP contribution in [0.2, 0.25) is 0 Å². The highest BCUT2D eigenvalue weighted by atomic mass is 16.7. The molecule has 0 unspecified atom stereocenters. The molecule has 2 aliphatic carbocycles. The SMILES string of the molecule is COC1(OC)C[C@]2(C)CC[C@H]1C2(C)C. The molecular formula is C12H22O2. The Morgan fingerprint density at radius 1 is 1.07 bits per heavy atom. The maximum Gasteiger partial charge on any atom is 0.171 e. The predicted molar refractivity (Wildman–Crippen MR) is 56.0 cm³/mol. The number of fused-ring (bicyclic) bond motifs is 2. The first-order valence-corrected chi connectivity index (χ1v) is 5.52. The second kappa shape index (κ2) is 2.73. The monoisotopic (exact) mass is 198 g/mol. The fourth-order valence-electron chi connectivity index (χ4n) is 3.83. The lowest BCUT2D eigenvalue weighted by Crippen LogP contribution is -2.41. The fraction of sp³-hybridized carbons (Fsp3) is 1.00. The number of ether oxygens (including phenoxy) is 2. The Kier molecular flexibility index (Phi) is 2.04. The molecule has 0 aromatic rings. The average Bonchev–Trinajstić information content (AvgIpc) is 2.47. The van der Waals surface area contributed by atoms with Gasteiger partial charge in [-0.05, 0) is 23.7 Å². The molecule has 0 saturated heterocycles. The molecule has 2 fully saturated rings. The van der Waals surface area contributed by atoms with E-state index in [9.17, 15) is 0 Å². The first-order valence-electron chi connectivity index (χ1n) is 5.52. The van der Waals surface area contributed by atoms with Gasteiger partial charge in [-0.2, -0.15) is 0 Å². The third-order valence-corrected chi connectivity index (χ3v) is 5.27. The van der Waals surface area contributed by atoms with Gasteiger partial charge in [-0.25, -0.2) is 0 Å².